The summed E-state index contributed by atoms with van der Waals surface area (Å²) in [6.45, 7) is 9.85. The van der Waals surface area contributed by atoms with Gasteiger partial charge in [0.15, 0.2) is 5.69 Å². The first-order valence-electron chi connectivity index (χ1n) is 8.87. The maximum Gasteiger partial charge on any atom is 0.279 e. The minimum absolute atomic E-state index is 0.122. The van der Waals surface area contributed by atoms with Gasteiger partial charge in [0.2, 0.25) is 0 Å². The maximum absolute atomic E-state index is 12.8. The number of anilines is 1. The van der Waals surface area contributed by atoms with Gasteiger partial charge in [-0.2, -0.15) is 5.10 Å². The fourth-order valence-corrected chi connectivity index (χ4v) is 2.78. The molecule has 142 valence electrons. The van der Waals surface area contributed by atoms with Crippen molar-refractivity contribution in [2.24, 2.45) is 0 Å². The van der Waals surface area contributed by atoms with Gasteiger partial charge < -0.3 is 14.6 Å². The third kappa shape index (κ3) is 4.19. The van der Waals surface area contributed by atoms with Crippen molar-refractivity contribution >= 4 is 11.7 Å². The quantitative estimate of drug-likeness (QED) is 0.705. The monoisotopic (exact) mass is 368 g/mol. The second-order valence-electron chi connectivity index (χ2n) is 6.83. The number of ether oxygens (including phenoxy) is 1. The van der Waals surface area contributed by atoms with Crippen molar-refractivity contribution in [1.29, 1.82) is 0 Å². The van der Waals surface area contributed by atoms with Crippen LogP contribution in [0, 0.1) is 20.8 Å². The molecule has 1 aromatic carbocycles. The molecule has 2 aromatic heterocycles. The molecule has 7 nitrogen and oxygen atoms in total. The van der Waals surface area contributed by atoms with Crippen molar-refractivity contribution in [1.82, 2.24) is 14.9 Å². The zero-order valence-electron chi connectivity index (χ0n) is 16.2. The van der Waals surface area contributed by atoms with Gasteiger partial charge >= 0.3 is 0 Å². The van der Waals surface area contributed by atoms with E-state index in [1.165, 1.54) is 0 Å². The number of carbonyl (C=O) groups excluding carboxylic acids is 1. The van der Waals surface area contributed by atoms with Crippen LogP contribution < -0.4 is 10.1 Å². The highest BCUT2D eigenvalue weighted by atomic mass is 16.5. The number of carbonyl (C=O) groups is 1. The van der Waals surface area contributed by atoms with Crippen LogP contribution in [0.25, 0.3) is 0 Å². The first-order chi connectivity index (χ1) is 12.8. The minimum atomic E-state index is -0.350. The molecule has 2 heterocycles. The number of amides is 1. The van der Waals surface area contributed by atoms with E-state index < -0.39 is 0 Å². The third-order valence-corrected chi connectivity index (χ3v) is 4.16. The average molecular weight is 368 g/mol. The van der Waals surface area contributed by atoms with Gasteiger partial charge in [0, 0.05) is 12.1 Å². The predicted molar refractivity (Wildman–Crippen MR) is 102 cm³/mol. The summed E-state index contributed by atoms with van der Waals surface area (Å²) in [5, 5.41) is 11.2. The topological polar surface area (TPSA) is 82.2 Å². The molecule has 0 saturated carbocycles. The van der Waals surface area contributed by atoms with Crippen molar-refractivity contribution in [3.63, 3.8) is 0 Å². The van der Waals surface area contributed by atoms with E-state index in [4.69, 9.17) is 9.26 Å². The van der Waals surface area contributed by atoms with Crippen LogP contribution in [0.5, 0.6) is 5.75 Å². The number of benzene rings is 1. The summed E-state index contributed by atoms with van der Waals surface area (Å²) >= 11 is 0. The standard InChI is InChI=1S/C20H24N4O3/c1-12(2)24-18(10-14(4)22-24)21-20(25)19-17(15(5)27-23-19)11-26-16-8-6-7-13(3)9-16/h6-10,12H,11H2,1-5H3,(H,21,25). The molecule has 0 fully saturated rings. The van der Waals surface area contributed by atoms with E-state index in [9.17, 15) is 4.79 Å². The number of aryl methyl sites for hydroxylation is 3. The molecule has 0 aliphatic heterocycles. The second-order valence-corrected chi connectivity index (χ2v) is 6.83. The van der Waals surface area contributed by atoms with Gasteiger partial charge in [0.1, 0.15) is 23.9 Å². The molecule has 1 amide bonds. The largest absolute Gasteiger partial charge is 0.489 e. The molecule has 27 heavy (non-hydrogen) atoms. The van der Waals surface area contributed by atoms with Crippen LogP contribution in [-0.4, -0.2) is 20.8 Å². The van der Waals surface area contributed by atoms with Crippen LogP contribution in [-0.2, 0) is 6.61 Å². The number of hydrogen-bond donors (Lipinski definition) is 1. The van der Waals surface area contributed by atoms with E-state index in [0.717, 1.165) is 17.0 Å². The second kappa shape index (κ2) is 7.65. The summed E-state index contributed by atoms with van der Waals surface area (Å²) in [5.41, 5.74) is 2.78. The van der Waals surface area contributed by atoms with Crippen LogP contribution >= 0.6 is 0 Å². The van der Waals surface area contributed by atoms with E-state index in [2.05, 4.69) is 15.6 Å². The van der Waals surface area contributed by atoms with E-state index in [1.54, 1.807) is 11.6 Å². The zero-order valence-corrected chi connectivity index (χ0v) is 16.2. The Kier molecular flexibility index (Phi) is 5.30. The molecule has 0 spiro atoms. The van der Waals surface area contributed by atoms with E-state index in [1.807, 2.05) is 58.0 Å². The molecular weight excluding hydrogens is 344 g/mol. The molecule has 3 rings (SSSR count). The smallest absolute Gasteiger partial charge is 0.279 e. The lowest BCUT2D eigenvalue weighted by Gasteiger charge is -2.11. The first-order valence-corrected chi connectivity index (χ1v) is 8.87. The Hall–Kier alpha value is -3.09. The Morgan fingerprint density at radius 3 is 2.74 bits per heavy atom. The van der Waals surface area contributed by atoms with Crippen molar-refractivity contribution in [3.05, 3.63) is 58.6 Å². The van der Waals surface area contributed by atoms with Gasteiger partial charge in [0.05, 0.1) is 11.3 Å². The van der Waals surface area contributed by atoms with Crippen LogP contribution in [0.15, 0.2) is 34.9 Å². The van der Waals surface area contributed by atoms with Crippen LogP contribution in [0.2, 0.25) is 0 Å². The molecular formula is C20H24N4O3. The van der Waals surface area contributed by atoms with E-state index >= 15 is 0 Å². The highest BCUT2D eigenvalue weighted by Gasteiger charge is 2.22. The van der Waals surface area contributed by atoms with Gasteiger partial charge in [0.25, 0.3) is 5.91 Å². The summed E-state index contributed by atoms with van der Waals surface area (Å²) in [7, 11) is 0. The normalized spacial score (nSPS) is 11.0. The third-order valence-electron chi connectivity index (χ3n) is 4.16. The van der Waals surface area contributed by atoms with Crippen LogP contribution in [0.3, 0.4) is 0 Å². The number of aromatic nitrogens is 3. The Morgan fingerprint density at radius 2 is 2.04 bits per heavy atom. The SMILES string of the molecule is Cc1cccc(OCc2c(C(=O)Nc3cc(C)nn3C(C)C)noc2C)c1. The van der Waals surface area contributed by atoms with E-state index in [-0.39, 0.29) is 24.2 Å². The Balaban J connectivity index is 1.78. The fraction of sp³-hybridized carbons (Fsp3) is 0.350. The molecule has 0 unspecified atom stereocenters. The van der Waals surface area contributed by atoms with Crippen LogP contribution in [0.1, 0.15) is 53.0 Å². The van der Waals surface area contributed by atoms with Crippen molar-refractivity contribution in [2.45, 2.75) is 47.3 Å². The Morgan fingerprint density at radius 1 is 1.26 bits per heavy atom. The molecule has 3 aromatic rings. The summed E-state index contributed by atoms with van der Waals surface area (Å²) < 4.78 is 12.8. The van der Waals surface area contributed by atoms with Gasteiger partial charge in [-0.1, -0.05) is 17.3 Å². The Bertz CT molecular complexity index is 956. The lowest BCUT2D eigenvalue weighted by Crippen LogP contribution is -2.19. The number of rotatable bonds is 6. The van der Waals surface area contributed by atoms with Crippen molar-refractivity contribution in [2.75, 3.05) is 5.32 Å². The lowest BCUT2D eigenvalue weighted by molar-refractivity contribution is 0.101. The van der Waals surface area contributed by atoms with Gasteiger partial charge in [-0.25, -0.2) is 4.68 Å². The Labute approximate surface area is 158 Å². The molecule has 0 bridgehead atoms. The van der Waals surface area contributed by atoms with Gasteiger partial charge in [-0.15, -0.1) is 0 Å². The zero-order chi connectivity index (χ0) is 19.6. The molecule has 0 atom stereocenters. The summed E-state index contributed by atoms with van der Waals surface area (Å²) in [5.74, 6) is 1.56. The van der Waals surface area contributed by atoms with Crippen molar-refractivity contribution in [3.8, 4) is 5.75 Å². The molecule has 0 saturated heterocycles. The lowest BCUT2D eigenvalue weighted by atomic mass is 10.2. The fourth-order valence-electron chi connectivity index (χ4n) is 2.78. The number of nitrogens with one attached hydrogen (secondary N) is 1. The highest BCUT2D eigenvalue weighted by molar-refractivity contribution is 6.03. The average Bonchev–Trinajstić information content (AvgIpc) is 3.15. The van der Waals surface area contributed by atoms with Crippen molar-refractivity contribution < 1.29 is 14.1 Å². The predicted octanol–water partition coefficient (Wildman–Crippen LogP) is 4.21. The molecule has 0 aliphatic carbocycles. The molecule has 0 aliphatic rings. The summed E-state index contributed by atoms with van der Waals surface area (Å²) in [4.78, 5) is 12.8. The molecule has 1 N–H and O–H groups in total. The van der Waals surface area contributed by atoms with E-state index in [0.29, 0.717) is 17.1 Å². The summed E-state index contributed by atoms with van der Waals surface area (Å²) in [6.07, 6.45) is 0. The maximum atomic E-state index is 12.8. The minimum Gasteiger partial charge on any atom is -0.489 e. The van der Waals surface area contributed by atoms with Gasteiger partial charge in [-0.05, 0) is 52.3 Å². The first kappa shape index (κ1) is 18.7. The van der Waals surface area contributed by atoms with Gasteiger partial charge in [-0.3, -0.25) is 4.79 Å². The number of nitrogens with zero attached hydrogens (tertiary/aromatic N) is 3. The molecule has 0 radical (unpaired) electrons. The van der Waals surface area contributed by atoms with Crippen LogP contribution in [0.4, 0.5) is 5.82 Å². The molecule has 7 heteroatoms. The highest BCUT2D eigenvalue weighted by Crippen LogP contribution is 2.21. The number of hydrogen-bond acceptors (Lipinski definition) is 5. The summed E-state index contributed by atoms with van der Waals surface area (Å²) in [6, 6.07) is 9.68.